The number of amides is 2. The Labute approximate surface area is 81.5 Å². The first-order valence-corrected chi connectivity index (χ1v) is 4.20. The zero-order chi connectivity index (χ0) is 9.59. The number of halogens is 1. The molecule has 2 rings (SSSR count). The summed E-state index contributed by atoms with van der Waals surface area (Å²) >= 11 is 3.07. The first-order valence-electron chi connectivity index (χ1n) is 3.41. The van der Waals surface area contributed by atoms with Crippen LogP contribution < -0.4 is 11.1 Å². The lowest BCUT2D eigenvalue weighted by Gasteiger charge is -1.99. The predicted octanol–water partition coefficient (Wildman–Crippen LogP) is 0.310. The minimum atomic E-state index is -0.472. The van der Waals surface area contributed by atoms with Gasteiger partial charge >= 0.3 is 0 Å². The first-order chi connectivity index (χ1) is 6.11. The SMILES string of the molecule is Nc1cnc(Br)c2c1C(=O)NC2=O. The molecule has 0 saturated carbocycles. The fourth-order valence-electron chi connectivity index (χ4n) is 1.18. The van der Waals surface area contributed by atoms with E-state index < -0.39 is 11.8 Å². The third kappa shape index (κ3) is 1.02. The molecule has 1 aliphatic rings. The molecule has 2 heterocycles. The van der Waals surface area contributed by atoms with Gasteiger partial charge in [0.05, 0.1) is 23.0 Å². The van der Waals surface area contributed by atoms with Crippen LogP contribution in [-0.2, 0) is 0 Å². The van der Waals surface area contributed by atoms with E-state index in [2.05, 4.69) is 26.2 Å². The largest absolute Gasteiger partial charge is 0.397 e. The molecule has 2 amide bonds. The molecule has 0 saturated heterocycles. The fourth-order valence-corrected chi connectivity index (χ4v) is 1.66. The van der Waals surface area contributed by atoms with Crippen molar-refractivity contribution in [2.24, 2.45) is 0 Å². The molecule has 1 aromatic rings. The molecule has 0 aromatic carbocycles. The van der Waals surface area contributed by atoms with Crippen molar-refractivity contribution in [1.29, 1.82) is 0 Å². The van der Waals surface area contributed by atoms with Gasteiger partial charge in [-0.1, -0.05) is 0 Å². The summed E-state index contributed by atoms with van der Waals surface area (Å²) in [4.78, 5) is 26.2. The second-order valence-electron chi connectivity index (χ2n) is 2.54. The van der Waals surface area contributed by atoms with Crippen LogP contribution in [-0.4, -0.2) is 16.8 Å². The van der Waals surface area contributed by atoms with Gasteiger partial charge in [0.25, 0.3) is 11.8 Å². The van der Waals surface area contributed by atoms with Gasteiger partial charge in [0.15, 0.2) is 0 Å². The molecule has 0 fully saturated rings. The summed E-state index contributed by atoms with van der Waals surface area (Å²) < 4.78 is 0.333. The van der Waals surface area contributed by atoms with Gasteiger partial charge in [-0.3, -0.25) is 14.9 Å². The normalized spacial score (nSPS) is 14.2. The highest BCUT2D eigenvalue weighted by Gasteiger charge is 2.31. The number of hydrogen-bond acceptors (Lipinski definition) is 4. The highest BCUT2D eigenvalue weighted by atomic mass is 79.9. The lowest BCUT2D eigenvalue weighted by Crippen LogP contribution is -2.20. The zero-order valence-electron chi connectivity index (χ0n) is 6.30. The second-order valence-corrected chi connectivity index (χ2v) is 3.29. The third-order valence-electron chi connectivity index (χ3n) is 1.74. The number of imide groups is 1. The van der Waals surface area contributed by atoms with Gasteiger partial charge in [-0.25, -0.2) is 4.98 Å². The Bertz CT molecular complexity index is 391. The molecular weight excluding hydrogens is 238 g/mol. The van der Waals surface area contributed by atoms with Crippen molar-refractivity contribution >= 4 is 33.4 Å². The summed E-state index contributed by atoms with van der Waals surface area (Å²) in [5.41, 5.74) is 6.12. The van der Waals surface area contributed by atoms with E-state index in [0.29, 0.717) is 4.60 Å². The first kappa shape index (κ1) is 8.18. The van der Waals surface area contributed by atoms with Gasteiger partial charge in [0.1, 0.15) is 4.60 Å². The van der Waals surface area contributed by atoms with Crippen LogP contribution in [0.5, 0.6) is 0 Å². The van der Waals surface area contributed by atoms with E-state index in [0.717, 1.165) is 0 Å². The standard InChI is InChI=1S/C7H4BrN3O2/c8-5-4-3(2(9)1-10-5)6(12)11-7(4)13/h1H,9H2,(H,11,12,13). The molecule has 0 spiro atoms. The number of nitrogens with one attached hydrogen (secondary N) is 1. The van der Waals surface area contributed by atoms with E-state index >= 15 is 0 Å². The molecular formula is C7H4BrN3O2. The van der Waals surface area contributed by atoms with Crippen molar-refractivity contribution in [3.8, 4) is 0 Å². The van der Waals surface area contributed by atoms with Crippen molar-refractivity contribution in [2.75, 3.05) is 5.73 Å². The molecule has 0 aliphatic carbocycles. The molecule has 3 N–H and O–H groups in total. The summed E-state index contributed by atoms with van der Waals surface area (Å²) in [7, 11) is 0. The number of hydrogen-bond donors (Lipinski definition) is 2. The lowest BCUT2D eigenvalue weighted by atomic mass is 10.1. The zero-order valence-corrected chi connectivity index (χ0v) is 7.88. The maximum absolute atomic E-state index is 11.2. The summed E-state index contributed by atoms with van der Waals surface area (Å²) in [6, 6.07) is 0. The maximum Gasteiger partial charge on any atom is 0.261 e. The quantitative estimate of drug-likeness (QED) is 0.506. The smallest absolute Gasteiger partial charge is 0.261 e. The van der Waals surface area contributed by atoms with Gasteiger partial charge in [0, 0.05) is 0 Å². The molecule has 0 radical (unpaired) electrons. The van der Waals surface area contributed by atoms with Crippen LogP contribution >= 0.6 is 15.9 Å². The van der Waals surface area contributed by atoms with Gasteiger partial charge in [-0.05, 0) is 15.9 Å². The summed E-state index contributed by atoms with van der Waals surface area (Å²) in [6.45, 7) is 0. The van der Waals surface area contributed by atoms with Crippen LogP contribution in [0.4, 0.5) is 5.69 Å². The minimum Gasteiger partial charge on any atom is -0.397 e. The van der Waals surface area contributed by atoms with Gasteiger partial charge in [0.2, 0.25) is 0 Å². The van der Waals surface area contributed by atoms with E-state index in [9.17, 15) is 9.59 Å². The molecule has 5 nitrogen and oxygen atoms in total. The van der Waals surface area contributed by atoms with Crippen molar-refractivity contribution in [3.05, 3.63) is 21.9 Å². The summed E-state index contributed by atoms with van der Waals surface area (Å²) in [5, 5.41) is 2.14. The summed E-state index contributed by atoms with van der Waals surface area (Å²) in [5.74, 6) is -0.938. The van der Waals surface area contributed by atoms with E-state index in [4.69, 9.17) is 5.73 Å². The monoisotopic (exact) mass is 241 g/mol. The number of nitrogen functional groups attached to an aromatic ring is 1. The number of anilines is 1. The Morgan fingerprint density at radius 3 is 2.54 bits per heavy atom. The van der Waals surface area contributed by atoms with E-state index in [1.54, 1.807) is 0 Å². The lowest BCUT2D eigenvalue weighted by molar-refractivity contribution is 0.0879. The topological polar surface area (TPSA) is 85.1 Å². The Kier molecular flexibility index (Phi) is 1.59. The van der Waals surface area contributed by atoms with Crippen molar-refractivity contribution < 1.29 is 9.59 Å². The fraction of sp³-hybridized carbons (Fsp3) is 0. The number of aromatic nitrogens is 1. The average Bonchev–Trinajstić information content (AvgIpc) is 2.36. The molecule has 0 bridgehead atoms. The van der Waals surface area contributed by atoms with Gasteiger partial charge in [-0.15, -0.1) is 0 Å². The molecule has 1 aromatic heterocycles. The number of rotatable bonds is 0. The van der Waals surface area contributed by atoms with Crippen LogP contribution in [0, 0.1) is 0 Å². The predicted molar refractivity (Wildman–Crippen MR) is 48.1 cm³/mol. The number of carbonyl (C=O) groups is 2. The molecule has 6 heteroatoms. The Morgan fingerprint density at radius 1 is 1.31 bits per heavy atom. The number of nitrogens with two attached hydrogens (primary N) is 1. The molecule has 1 aliphatic heterocycles. The van der Waals surface area contributed by atoms with E-state index in [1.165, 1.54) is 6.20 Å². The summed E-state index contributed by atoms with van der Waals surface area (Å²) in [6.07, 6.45) is 1.33. The van der Waals surface area contributed by atoms with Gasteiger partial charge in [-0.2, -0.15) is 0 Å². The number of nitrogens with zero attached hydrogens (tertiary/aromatic N) is 1. The van der Waals surface area contributed by atoms with Crippen LogP contribution in [0.2, 0.25) is 0 Å². The van der Waals surface area contributed by atoms with Crippen LogP contribution in [0.1, 0.15) is 20.7 Å². The highest BCUT2D eigenvalue weighted by Crippen LogP contribution is 2.26. The molecule has 13 heavy (non-hydrogen) atoms. The maximum atomic E-state index is 11.2. The molecule has 66 valence electrons. The Hall–Kier alpha value is -1.43. The minimum absolute atomic E-state index is 0.201. The van der Waals surface area contributed by atoms with Gasteiger partial charge < -0.3 is 5.73 Å². The number of carbonyl (C=O) groups excluding carboxylic acids is 2. The van der Waals surface area contributed by atoms with Crippen molar-refractivity contribution in [2.45, 2.75) is 0 Å². The Balaban J connectivity index is 2.81. The van der Waals surface area contributed by atoms with E-state index in [-0.39, 0.29) is 16.8 Å². The van der Waals surface area contributed by atoms with Crippen LogP contribution in [0.15, 0.2) is 10.8 Å². The van der Waals surface area contributed by atoms with Crippen LogP contribution in [0.25, 0.3) is 0 Å². The number of pyridine rings is 1. The van der Waals surface area contributed by atoms with Crippen molar-refractivity contribution in [3.63, 3.8) is 0 Å². The van der Waals surface area contributed by atoms with Crippen molar-refractivity contribution in [1.82, 2.24) is 10.3 Å². The van der Waals surface area contributed by atoms with Crippen LogP contribution in [0.3, 0.4) is 0 Å². The molecule has 0 unspecified atom stereocenters. The second kappa shape index (κ2) is 2.53. The average molecular weight is 242 g/mol. The third-order valence-corrected chi connectivity index (χ3v) is 2.34. The van der Waals surface area contributed by atoms with E-state index in [1.807, 2.05) is 0 Å². The highest BCUT2D eigenvalue weighted by molar-refractivity contribution is 9.10. The number of fused-ring (bicyclic) bond motifs is 1. The molecule has 0 atom stereocenters. The Morgan fingerprint density at radius 2 is 1.92 bits per heavy atom.